The maximum absolute atomic E-state index is 5.87. The molecule has 1 rings (SSSR count). The average Bonchev–Trinajstić information content (AvgIpc) is 2.31. The molecule has 0 fully saturated rings. The molecule has 0 unspecified atom stereocenters. The van der Waals surface area contributed by atoms with Gasteiger partial charge in [0.05, 0.1) is 0 Å². The van der Waals surface area contributed by atoms with E-state index in [0.29, 0.717) is 0 Å². The normalized spacial score (nSPS) is 13.5. The highest BCUT2D eigenvalue weighted by molar-refractivity contribution is 9.10. The van der Waals surface area contributed by atoms with E-state index in [1.165, 1.54) is 14.2 Å². The van der Waals surface area contributed by atoms with Gasteiger partial charge in [-0.1, -0.05) is 6.92 Å². The smallest absolute Gasteiger partial charge is 0.0387 e. The largest absolute Gasteiger partial charge is 0.323 e. The molecular weight excluding hydrogens is 222 g/mol. The topological polar surface area (TPSA) is 26.0 Å². The second kappa shape index (κ2) is 3.70. The number of hydrogen-bond acceptors (Lipinski definition) is 2. The van der Waals surface area contributed by atoms with Gasteiger partial charge in [0.2, 0.25) is 0 Å². The molecule has 0 aliphatic rings. The molecule has 3 heteroatoms. The summed E-state index contributed by atoms with van der Waals surface area (Å²) in [6.07, 6.45) is 1.01. The summed E-state index contributed by atoms with van der Waals surface area (Å²) in [7, 11) is 0. The molecule has 0 saturated carbocycles. The first-order valence-corrected chi connectivity index (χ1v) is 5.27. The first-order valence-electron chi connectivity index (χ1n) is 3.66. The Balaban J connectivity index is 2.88. The Morgan fingerprint density at radius 3 is 2.73 bits per heavy atom. The van der Waals surface area contributed by atoms with Gasteiger partial charge in [0.1, 0.15) is 0 Å². The molecule has 0 bridgehead atoms. The van der Waals surface area contributed by atoms with E-state index in [9.17, 15) is 0 Å². The zero-order chi connectivity index (χ0) is 8.43. The van der Waals surface area contributed by atoms with Crippen LogP contribution in [0, 0.1) is 6.92 Å². The molecule has 1 nitrogen and oxygen atoms in total. The standard InChI is InChI=1S/C8H12BrNS/c1-3-7(10)8-4-6(9)5(2)11-8/h4,7H,3,10H2,1-2H3/t7-/m0/s1. The van der Waals surface area contributed by atoms with Crippen LogP contribution in [0.5, 0.6) is 0 Å². The molecule has 2 N–H and O–H groups in total. The van der Waals surface area contributed by atoms with Gasteiger partial charge >= 0.3 is 0 Å². The molecule has 0 radical (unpaired) electrons. The van der Waals surface area contributed by atoms with E-state index in [4.69, 9.17) is 5.73 Å². The summed E-state index contributed by atoms with van der Waals surface area (Å²) in [5.41, 5.74) is 5.87. The van der Waals surface area contributed by atoms with E-state index in [1.807, 2.05) is 0 Å². The molecule has 0 amide bonds. The van der Waals surface area contributed by atoms with Crippen LogP contribution in [0.25, 0.3) is 0 Å². The van der Waals surface area contributed by atoms with Crippen molar-refractivity contribution in [2.75, 3.05) is 0 Å². The van der Waals surface area contributed by atoms with Crippen LogP contribution in [0.3, 0.4) is 0 Å². The van der Waals surface area contributed by atoms with Crippen molar-refractivity contribution >= 4 is 27.3 Å². The summed E-state index contributed by atoms with van der Waals surface area (Å²) in [6, 6.07) is 2.33. The van der Waals surface area contributed by atoms with Gasteiger partial charge in [-0.15, -0.1) is 11.3 Å². The molecule has 1 heterocycles. The first-order chi connectivity index (χ1) is 5.15. The van der Waals surface area contributed by atoms with Crippen molar-refractivity contribution in [2.45, 2.75) is 26.3 Å². The van der Waals surface area contributed by atoms with Crippen LogP contribution in [-0.4, -0.2) is 0 Å². The van der Waals surface area contributed by atoms with Crippen LogP contribution in [-0.2, 0) is 0 Å². The maximum Gasteiger partial charge on any atom is 0.0387 e. The van der Waals surface area contributed by atoms with Gasteiger partial charge in [0, 0.05) is 20.3 Å². The summed E-state index contributed by atoms with van der Waals surface area (Å²) < 4.78 is 1.18. The predicted molar refractivity (Wildman–Crippen MR) is 54.0 cm³/mol. The number of nitrogens with two attached hydrogens (primary N) is 1. The van der Waals surface area contributed by atoms with E-state index < -0.39 is 0 Å². The van der Waals surface area contributed by atoms with Crippen LogP contribution < -0.4 is 5.73 Å². The quantitative estimate of drug-likeness (QED) is 0.835. The first kappa shape index (κ1) is 9.23. The zero-order valence-electron chi connectivity index (χ0n) is 6.73. The molecule has 0 aliphatic heterocycles. The lowest BCUT2D eigenvalue weighted by atomic mass is 10.2. The van der Waals surface area contributed by atoms with Crippen LogP contribution in [0.2, 0.25) is 0 Å². The van der Waals surface area contributed by atoms with Crippen LogP contribution in [0.15, 0.2) is 10.5 Å². The third-order valence-electron chi connectivity index (χ3n) is 1.68. The molecule has 1 atom stereocenters. The fourth-order valence-corrected chi connectivity index (χ4v) is 2.51. The van der Waals surface area contributed by atoms with E-state index >= 15 is 0 Å². The number of rotatable bonds is 2. The van der Waals surface area contributed by atoms with Gasteiger partial charge in [0.25, 0.3) is 0 Å². The SMILES string of the molecule is CC[C@H](N)c1cc(Br)c(C)s1. The Labute approximate surface area is 79.7 Å². The van der Waals surface area contributed by atoms with Gasteiger partial charge in [-0.2, -0.15) is 0 Å². The number of halogens is 1. The van der Waals surface area contributed by atoms with Gasteiger partial charge in [-0.25, -0.2) is 0 Å². The zero-order valence-corrected chi connectivity index (χ0v) is 9.13. The summed E-state index contributed by atoms with van der Waals surface area (Å²) in [4.78, 5) is 2.58. The van der Waals surface area contributed by atoms with Crippen LogP contribution >= 0.6 is 27.3 Å². The van der Waals surface area contributed by atoms with Crippen LogP contribution in [0.1, 0.15) is 29.1 Å². The second-order valence-corrected chi connectivity index (χ2v) is 4.71. The maximum atomic E-state index is 5.87. The second-order valence-electron chi connectivity index (χ2n) is 2.57. The van der Waals surface area contributed by atoms with Crippen molar-refractivity contribution in [3.05, 3.63) is 20.3 Å². The fraction of sp³-hybridized carbons (Fsp3) is 0.500. The Kier molecular flexibility index (Phi) is 3.10. The van der Waals surface area contributed by atoms with E-state index in [1.54, 1.807) is 11.3 Å². The average molecular weight is 234 g/mol. The molecule has 11 heavy (non-hydrogen) atoms. The fourth-order valence-electron chi connectivity index (χ4n) is 0.865. The molecule has 0 aromatic carbocycles. The minimum absolute atomic E-state index is 0.213. The number of thiophene rings is 1. The highest BCUT2D eigenvalue weighted by Crippen LogP contribution is 2.30. The molecule has 1 aromatic rings. The lowest BCUT2D eigenvalue weighted by Gasteiger charge is -2.03. The molecule has 0 saturated heterocycles. The monoisotopic (exact) mass is 233 g/mol. The molecule has 0 aliphatic carbocycles. The lowest BCUT2D eigenvalue weighted by Crippen LogP contribution is -2.05. The lowest BCUT2D eigenvalue weighted by molar-refractivity contribution is 0.712. The summed E-state index contributed by atoms with van der Waals surface area (Å²) in [5.74, 6) is 0. The third kappa shape index (κ3) is 2.04. The predicted octanol–water partition coefficient (Wildman–Crippen LogP) is 3.23. The number of aryl methyl sites for hydroxylation is 1. The minimum atomic E-state index is 0.213. The Morgan fingerprint density at radius 2 is 2.36 bits per heavy atom. The van der Waals surface area contributed by atoms with Gasteiger partial charge in [-0.3, -0.25) is 0 Å². The molecule has 1 aromatic heterocycles. The Bertz CT molecular complexity index is 225. The summed E-state index contributed by atoms with van der Waals surface area (Å²) in [6.45, 7) is 4.20. The van der Waals surface area contributed by atoms with Gasteiger partial charge in [-0.05, 0) is 35.3 Å². The molecular formula is C8H12BrNS. The Hall–Kier alpha value is 0.140. The van der Waals surface area contributed by atoms with E-state index in [-0.39, 0.29) is 6.04 Å². The van der Waals surface area contributed by atoms with Crippen molar-refractivity contribution in [2.24, 2.45) is 5.73 Å². The highest BCUT2D eigenvalue weighted by Gasteiger charge is 2.08. The highest BCUT2D eigenvalue weighted by atomic mass is 79.9. The van der Waals surface area contributed by atoms with Crippen molar-refractivity contribution in [1.82, 2.24) is 0 Å². The van der Waals surface area contributed by atoms with Crippen molar-refractivity contribution < 1.29 is 0 Å². The van der Waals surface area contributed by atoms with E-state index in [0.717, 1.165) is 6.42 Å². The van der Waals surface area contributed by atoms with Gasteiger partial charge < -0.3 is 5.73 Å². The summed E-state index contributed by atoms with van der Waals surface area (Å²) in [5, 5.41) is 0. The van der Waals surface area contributed by atoms with Gasteiger partial charge in [0.15, 0.2) is 0 Å². The van der Waals surface area contributed by atoms with Crippen molar-refractivity contribution in [1.29, 1.82) is 0 Å². The number of hydrogen-bond donors (Lipinski definition) is 1. The molecule has 0 spiro atoms. The Morgan fingerprint density at radius 1 is 1.73 bits per heavy atom. The van der Waals surface area contributed by atoms with E-state index in [2.05, 4.69) is 35.8 Å². The van der Waals surface area contributed by atoms with Crippen LogP contribution in [0.4, 0.5) is 0 Å². The van der Waals surface area contributed by atoms with Crippen molar-refractivity contribution in [3.63, 3.8) is 0 Å². The van der Waals surface area contributed by atoms with Crippen molar-refractivity contribution in [3.8, 4) is 0 Å². The summed E-state index contributed by atoms with van der Waals surface area (Å²) >= 11 is 5.24. The minimum Gasteiger partial charge on any atom is -0.323 e. The molecule has 62 valence electrons. The third-order valence-corrected chi connectivity index (χ3v) is 3.95.